The summed E-state index contributed by atoms with van der Waals surface area (Å²) in [7, 11) is 0. The van der Waals surface area contributed by atoms with Gasteiger partial charge in [-0.15, -0.1) is 0 Å². The summed E-state index contributed by atoms with van der Waals surface area (Å²) in [4.78, 5) is 13.9. The summed E-state index contributed by atoms with van der Waals surface area (Å²) >= 11 is 0. The van der Waals surface area contributed by atoms with Crippen LogP contribution in [0.15, 0.2) is 18.2 Å². The number of hydrogen-bond acceptors (Lipinski definition) is 2. The van der Waals surface area contributed by atoms with Crippen LogP contribution >= 0.6 is 0 Å². The Morgan fingerprint density at radius 3 is 2.95 bits per heavy atom. The van der Waals surface area contributed by atoms with Crippen LogP contribution in [0.4, 0.5) is 4.39 Å². The molecule has 1 fully saturated rings. The molecular formula is C15H16FNO2. The normalized spacial score (nSPS) is 18.1. The molecule has 1 atom stereocenters. The van der Waals surface area contributed by atoms with Crippen molar-refractivity contribution >= 4 is 5.91 Å². The van der Waals surface area contributed by atoms with Crippen LogP contribution in [-0.2, 0) is 0 Å². The summed E-state index contributed by atoms with van der Waals surface area (Å²) < 4.78 is 13.9. The van der Waals surface area contributed by atoms with Crippen molar-refractivity contribution in [3.05, 3.63) is 35.1 Å². The molecule has 19 heavy (non-hydrogen) atoms. The van der Waals surface area contributed by atoms with E-state index in [2.05, 4.69) is 11.8 Å². The Morgan fingerprint density at radius 2 is 2.37 bits per heavy atom. The standard InChI is InChI=1S/C15H16FNO2/c1-11-4-2-8-17(11)15(19)13-7-6-12(5-3-9-18)10-14(13)16/h6-7,10-11,18H,2,4,8-9H2,1H3. The average molecular weight is 261 g/mol. The maximum Gasteiger partial charge on any atom is 0.257 e. The topological polar surface area (TPSA) is 40.5 Å². The fourth-order valence-corrected chi connectivity index (χ4v) is 2.30. The van der Waals surface area contributed by atoms with Crippen molar-refractivity contribution in [1.82, 2.24) is 4.90 Å². The molecule has 0 aromatic heterocycles. The number of likely N-dealkylation sites (tertiary alicyclic amines) is 1. The number of aliphatic hydroxyl groups excluding tert-OH is 1. The number of aliphatic hydroxyl groups is 1. The molecule has 1 saturated heterocycles. The number of carbonyl (C=O) groups excluding carboxylic acids is 1. The quantitative estimate of drug-likeness (QED) is 0.783. The molecule has 1 aromatic rings. The van der Waals surface area contributed by atoms with E-state index in [1.807, 2.05) is 6.92 Å². The highest BCUT2D eigenvalue weighted by molar-refractivity contribution is 5.95. The van der Waals surface area contributed by atoms with Gasteiger partial charge in [0.25, 0.3) is 5.91 Å². The molecule has 100 valence electrons. The maximum absolute atomic E-state index is 13.9. The van der Waals surface area contributed by atoms with Crippen molar-refractivity contribution in [2.75, 3.05) is 13.2 Å². The molecule has 0 saturated carbocycles. The van der Waals surface area contributed by atoms with Gasteiger partial charge in [0.05, 0.1) is 5.56 Å². The van der Waals surface area contributed by atoms with Crippen LogP contribution in [0.5, 0.6) is 0 Å². The first-order valence-corrected chi connectivity index (χ1v) is 6.33. The van der Waals surface area contributed by atoms with E-state index in [-0.39, 0.29) is 24.1 Å². The van der Waals surface area contributed by atoms with Gasteiger partial charge in [0.1, 0.15) is 12.4 Å². The Kier molecular flexibility index (Phi) is 4.18. The molecule has 3 nitrogen and oxygen atoms in total. The van der Waals surface area contributed by atoms with Crippen LogP contribution in [0.2, 0.25) is 0 Å². The highest BCUT2D eigenvalue weighted by Crippen LogP contribution is 2.21. The first kappa shape index (κ1) is 13.6. The van der Waals surface area contributed by atoms with E-state index in [0.717, 1.165) is 12.8 Å². The van der Waals surface area contributed by atoms with E-state index in [9.17, 15) is 9.18 Å². The van der Waals surface area contributed by atoms with Gasteiger partial charge < -0.3 is 10.0 Å². The van der Waals surface area contributed by atoms with E-state index in [4.69, 9.17) is 5.11 Å². The van der Waals surface area contributed by atoms with Crippen molar-refractivity contribution in [3.63, 3.8) is 0 Å². The van der Waals surface area contributed by atoms with Gasteiger partial charge in [0, 0.05) is 18.2 Å². The summed E-state index contributed by atoms with van der Waals surface area (Å²) in [5.41, 5.74) is 0.542. The summed E-state index contributed by atoms with van der Waals surface area (Å²) in [6.07, 6.45) is 1.93. The van der Waals surface area contributed by atoms with Crippen molar-refractivity contribution in [2.24, 2.45) is 0 Å². The minimum Gasteiger partial charge on any atom is -0.384 e. The van der Waals surface area contributed by atoms with Gasteiger partial charge >= 0.3 is 0 Å². The van der Waals surface area contributed by atoms with Crippen molar-refractivity contribution in [3.8, 4) is 11.8 Å². The third kappa shape index (κ3) is 2.94. The molecule has 1 N–H and O–H groups in total. The highest BCUT2D eigenvalue weighted by atomic mass is 19.1. The SMILES string of the molecule is CC1CCCN1C(=O)c1ccc(C#CCO)cc1F. The van der Waals surface area contributed by atoms with Gasteiger partial charge in [-0.1, -0.05) is 11.8 Å². The third-order valence-electron chi connectivity index (χ3n) is 3.33. The fraction of sp³-hybridized carbons (Fsp3) is 0.400. The fourth-order valence-electron chi connectivity index (χ4n) is 2.30. The van der Waals surface area contributed by atoms with Gasteiger partial charge in [0.2, 0.25) is 0 Å². The zero-order valence-corrected chi connectivity index (χ0v) is 10.8. The molecule has 2 rings (SSSR count). The van der Waals surface area contributed by atoms with E-state index in [1.54, 1.807) is 11.0 Å². The number of halogens is 1. The Bertz CT molecular complexity index is 545. The molecule has 0 spiro atoms. The second-order valence-corrected chi connectivity index (χ2v) is 4.64. The van der Waals surface area contributed by atoms with Crippen molar-refractivity contribution in [2.45, 2.75) is 25.8 Å². The van der Waals surface area contributed by atoms with Gasteiger partial charge in [-0.3, -0.25) is 4.79 Å². The largest absolute Gasteiger partial charge is 0.384 e. The van der Waals surface area contributed by atoms with Crippen LogP contribution in [-0.4, -0.2) is 35.1 Å². The van der Waals surface area contributed by atoms with Crippen LogP contribution in [0, 0.1) is 17.7 Å². The predicted octanol–water partition coefficient (Wildman–Crippen LogP) is 1.79. The second-order valence-electron chi connectivity index (χ2n) is 4.64. The molecule has 0 bridgehead atoms. The molecule has 4 heteroatoms. The average Bonchev–Trinajstić information content (AvgIpc) is 2.82. The molecule has 1 aromatic carbocycles. The molecule has 1 aliphatic rings. The number of hydrogen-bond donors (Lipinski definition) is 1. The lowest BCUT2D eigenvalue weighted by Gasteiger charge is -2.21. The summed E-state index contributed by atoms with van der Waals surface area (Å²) in [6, 6.07) is 4.46. The smallest absolute Gasteiger partial charge is 0.257 e. The Balaban J connectivity index is 2.23. The predicted molar refractivity (Wildman–Crippen MR) is 70.1 cm³/mol. The summed E-state index contributed by atoms with van der Waals surface area (Å²) in [5.74, 6) is 4.24. The zero-order chi connectivity index (χ0) is 13.8. The molecular weight excluding hydrogens is 245 g/mol. The van der Waals surface area contributed by atoms with Crippen molar-refractivity contribution in [1.29, 1.82) is 0 Å². The molecule has 1 aliphatic heterocycles. The van der Waals surface area contributed by atoms with Crippen molar-refractivity contribution < 1.29 is 14.3 Å². The molecule has 1 unspecified atom stereocenters. The van der Waals surface area contributed by atoms with Crippen LogP contribution < -0.4 is 0 Å². The maximum atomic E-state index is 13.9. The first-order valence-electron chi connectivity index (χ1n) is 6.33. The monoisotopic (exact) mass is 261 g/mol. The van der Waals surface area contributed by atoms with Gasteiger partial charge in [-0.25, -0.2) is 4.39 Å². The van der Waals surface area contributed by atoms with E-state index in [0.29, 0.717) is 12.1 Å². The van der Waals surface area contributed by atoms with E-state index in [1.165, 1.54) is 12.1 Å². The van der Waals surface area contributed by atoms with Crippen LogP contribution in [0.1, 0.15) is 35.7 Å². The zero-order valence-electron chi connectivity index (χ0n) is 10.8. The lowest BCUT2D eigenvalue weighted by molar-refractivity contribution is 0.0743. The lowest BCUT2D eigenvalue weighted by atomic mass is 10.1. The molecule has 0 aliphatic carbocycles. The molecule has 0 radical (unpaired) electrons. The Morgan fingerprint density at radius 1 is 1.58 bits per heavy atom. The summed E-state index contributed by atoms with van der Waals surface area (Å²) in [6.45, 7) is 2.39. The van der Waals surface area contributed by atoms with Crippen LogP contribution in [0.3, 0.4) is 0 Å². The summed E-state index contributed by atoms with van der Waals surface area (Å²) in [5, 5.41) is 8.58. The number of amides is 1. The van der Waals surface area contributed by atoms with E-state index < -0.39 is 5.82 Å². The Labute approximate surface area is 112 Å². The number of carbonyl (C=O) groups is 1. The van der Waals surface area contributed by atoms with Crippen LogP contribution in [0.25, 0.3) is 0 Å². The third-order valence-corrected chi connectivity index (χ3v) is 3.33. The lowest BCUT2D eigenvalue weighted by Crippen LogP contribution is -2.34. The number of nitrogens with zero attached hydrogens (tertiary/aromatic N) is 1. The number of benzene rings is 1. The minimum absolute atomic E-state index is 0.0864. The minimum atomic E-state index is -0.561. The van der Waals surface area contributed by atoms with E-state index >= 15 is 0 Å². The molecule has 1 amide bonds. The Hall–Kier alpha value is -1.86. The number of rotatable bonds is 1. The van der Waals surface area contributed by atoms with Gasteiger partial charge in [-0.05, 0) is 38.0 Å². The van der Waals surface area contributed by atoms with Gasteiger partial charge in [0.15, 0.2) is 0 Å². The first-order chi connectivity index (χ1) is 9.13. The highest BCUT2D eigenvalue weighted by Gasteiger charge is 2.27. The van der Waals surface area contributed by atoms with Gasteiger partial charge in [-0.2, -0.15) is 0 Å². The second kappa shape index (κ2) is 5.85. The molecule has 1 heterocycles.